The normalized spacial score (nSPS) is 20.9. The first kappa shape index (κ1) is 18.9. The van der Waals surface area contributed by atoms with Gasteiger partial charge in [-0.15, -0.1) is 0 Å². The van der Waals surface area contributed by atoms with Gasteiger partial charge in [0, 0.05) is 13.1 Å². The molecule has 0 radical (unpaired) electrons. The Morgan fingerprint density at radius 2 is 2.07 bits per heavy atom. The summed E-state index contributed by atoms with van der Waals surface area (Å²) in [5, 5.41) is 16.0. The summed E-state index contributed by atoms with van der Waals surface area (Å²) in [4.78, 5) is 29.7. The number of carboxylic acids is 1. The minimum Gasteiger partial charge on any atom is -0.481 e. The topological polar surface area (TPSA) is 109 Å². The molecule has 0 bridgehead atoms. The third kappa shape index (κ3) is 4.84. The van der Waals surface area contributed by atoms with Crippen LogP contribution in [0.25, 0.3) is 0 Å². The first-order valence-electron chi connectivity index (χ1n) is 9.07. The number of piperidine rings is 1. The number of carboxylic acid groups (broad SMARTS) is 1. The number of rotatable bonds is 5. The zero-order chi connectivity index (χ0) is 19.4. The van der Waals surface area contributed by atoms with Crippen LogP contribution in [0.4, 0.5) is 4.79 Å². The maximum absolute atomic E-state index is 12.5. The monoisotopic (exact) mass is 372 g/mol. The van der Waals surface area contributed by atoms with E-state index in [0.29, 0.717) is 31.1 Å². The number of benzene rings is 1. The molecule has 2 heterocycles. The quantitative estimate of drug-likeness (QED) is 0.835. The summed E-state index contributed by atoms with van der Waals surface area (Å²) in [5.74, 6) is -0.374. The molecule has 3 rings (SSSR count). The molecule has 2 N–H and O–H groups in total. The van der Waals surface area contributed by atoms with Crippen molar-refractivity contribution in [2.45, 2.75) is 32.7 Å². The molecule has 2 aromatic rings. The molecule has 1 saturated heterocycles. The van der Waals surface area contributed by atoms with Gasteiger partial charge in [0.25, 0.3) is 0 Å². The van der Waals surface area contributed by atoms with Crippen LogP contribution in [0.15, 0.2) is 34.9 Å². The van der Waals surface area contributed by atoms with E-state index in [0.717, 1.165) is 5.56 Å². The molecule has 1 fully saturated rings. The van der Waals surface area contributed by atoms with Gasteiger partial charge in [-0.2, -0.15) is 4.98 Å². The maximum Gasteiger partial charge on any atom is 0.318 e. The smallest absolute Gasteiger partial charge is 0.318 e. The van der Waals surface area contributed by atoms with Gasteiger partial charge in [0.1, 0.15) is 0 Å². The Kier molecular flexibility index (Phi) is 5.73. The third-order valence-electron chi connectivity index (χ3n) is 4.71. The molecule has 144 valence electrons. The lowest BCUT2D eigenvalue weighted by atomic mass is 9.91. The number of urea groups is 1. The van der Waals surface area contributed by atoms with E-state index in [4.69, 9.17) is 4.52 Å². The average Bonchev–Trinajstić information content (AvgIpc) is 3.10. The maximum atomic E-state index is 12.5. The molecule has 0 saturated carbocycles. The highest BCUT2D eigenvalue weighted by Gasteiger charge is 2.32. The molecule has 8 heteroatoms. The van der Waals surface area contributed by atoms with E-state index in [1.165, 1.54) is 0 Å². The fourth-order valence-electron chi connectivity index (χ4n) is 3.32. The fourth-order valence-corrected chi connectivity index (χ4v) is 3.32. The van der Waals surface area contributed by atoms with Crippen LogP contribution in [0.1, 0.15) is 43.6 Å². The molecule has 1 aromatic carbocycles. The number of hydrogen-bond acceptors (Lipinski definition) is 5. The van der Waals surface area contributed by atoms with Gasteiger partial charge in [0.15, 0.2) is 5.82 Å². The predicted molar refractivity (Wildman–Crippen MR) is 97.0 cm³/mol. The lowest BCUT2D eigenvalue weighted by molar-refractivity contribution is -0.143. The van der Waals surface area contributed by atoms with Crippen LogP contribution in [0, 0.1) is 11.8 Å². The number of nitrogens with one attached hydrogen (secondary N) is 1. The Labute approximate surface area is 157 Å². The van der Waals surface area contributed by atoms with E-state index < -0.39 is 17.9 Å². The van der Waals surface area contributed by atoms with Crippen LogP contribution >= 0.6 is 0 Å². The van der Waals surface area contributed by atoms with Crippen molar-refractivity contribution in [3.05, 3.63) is 47.6 Å². The SMILES string of the molecule is CC1CC(C(=O)O)CN(C(=O)NC(C)c2noc(Cc3ccccc3)n2)C1. The summed E-state index contributed by atoms with van der Waals surface area (Å²) in [5.41, 5.74) is 1.06. The molecule has 8 nitrogen and oxygen atoms in total. The van der Waals surface area contributed by atoms with E-state index in [-0.39, 0.29) is 18.5 Å². The molecular weight excluding hydrogens is 348 g/mol. The summed E-state index contributed by atoms with van der Waals surface area (Å²) in [6.07, 6.45) is 1.11. The van der Waals surface area contributed by atoms with Crippen molar-refractivity contribution in [2.75, 3.05) is 13.1 Å². The third-order valence-corrected chi connectivity index (χ3v) is 4.71. The second-order valence-corrected chi connectivity index (χ2v) is 7.16. The first-order valence-corrected chi connectivity index (χ1v) is 9.07. The van der Waals surface area contributed by atoms with E-state index in [9.17, 15) is 14.7 Å². The summed E-state index contributed by atoms with van der Waals surface area (Å²) in [6.45, 7) is 4.47. The second-order valence-electron chi connectivity index (χ2n) is 7.16. The number of aliphatic carboxylic acids is 1. The molecule has 0 spiro atoms. The van der Waals surface area contributed by atoms with Crippen molar-refractivity contribution in [3.8, 4) is 0 Å². The minimum absolute atomic E-state index is 0.142. The van der Waals surface area contributed by atoms with Crippen molar-refractivity contribution < 1.29 is 19.2 Å². The zero-order valence-electron chi connectivity index (χ0n) is 15.5. The van der Waals surface area contributed by atoms with Gasteiger partial charge in [0.2, 0.25) is 5.89 Å². The molecule has 2 amide bonds. The number of nitrogens with zero attached hydrogens (tertiary/aromatic N) is 3. The Balaban J connectivity index is 1.59. The highest BCUT2D eigenvalue weighted by Crippen LogP contribution is 2.22. The number of aromatic nitrogens is 2. The van der Waals surface area contributed by atoms with Crippen LogP contribution in [0.2, 0.25) is 0 Å². The van der Waals surface area contributed by atoms with E-state index in [1.54, 1.807) is 11.8 Å². The lowest BCUT2D eigenvalue weighted by Crippen LogP contribution is -2.50. The van der Waals surface area contributed by atoms with Gasteiger partial charge in [-0.1, -0.05) is 42.4 Å². The summed E-state index contributed by atoms with van der Waals surface area (Å²) < 4.78 is 5.28. The van der Waals surface area contributed by atoms with Crippen LogP contribution in [0.3, 0.4) is 0 Å². The van der Waals surface area contributed by atoms with Crippen LogP contribution in [-0.4, -0.2) is 45.2 Å². The zero-order valence-corrected chi connectivity index (χ0v) is 15.5. The lowest BCUT2D eigenvalue weighted by Gasteiger charge is -2.35. The van der Waals surface area contributed by atoms with Gasteiger partial charge in [-0.3, -0.25) is 4.79 Å². The van der Waals surface area contributed by atoms with E-state index in [2.05, 4.69) is 15.5 Å². The Bertz CT molecular complexity index is 792. The molecule has 3 unspecified atom stereocenters. The Hall–Kier alpha value is -2.90. The van der Waals surface area contributed by atoms with Crippen LogP contribution in [0.5, 0.6) is 0 Å². The summed E-state index contributed by atoms with van der Waals surface area (Å²) in [6, 6.07) is 9.04. The number of carbonyl (C=O) groups is 2. The Morgan fingerprint density at radius 1 is 1.33 bits per heavy atom. The largest absolute Gasteiger partial charge is 0.481 e. The molecular formula is C19H24N4O4. The second kappa shape index (κ2) is 8.20. The van der Waals surface area contributed by atoms with E-state index >= 15 is 0 Å². The molecule has 27 heavy (non-hydrogen) atoms. The van der Waals surface area contributed by atoms with Crippen molar-refractivity contribution in [1.82, 2.24) is 20.4 Å². The van der Waals surface area contributed by atoms with Gasteiger partial charge in [-0.05, 0) is 24.8 Å². The van der Waals surface area contributed by atoms with Crippen molar-refractivity contribution in [2.24, 2.45) is 11.8 Å². The highest BCUT2D eigenvalue weighted by molar-refractivity contribution is 5.76. The standard InChI is InChI=1S/C19H24N4O4/c1-12-8-15(18(24)25)11-23(10-12)19(26)20-13(2)17-21-16(27-22-17)9-14-6-4-3-5-7-14/h3-7,12-13,15H,8-11H2,1-2H3,(H,20,26)(H,24,25). The Morgan fingerprint density at radius 3 is 2.78 bits per heavy atom. The first-order chi connectivity index (χ1) is 12.9. The molecule has 1 aliphatic heterocycles. The molecule has 0 aliphatic carbocycles. The predicted octanol–water partition coefficient (Wildman–Crippen LogP) is 2.47. The highest BCUT2D eigenvalue weighted by atomic mass is 16.5. The number of likely N-dealkylation sites (tertiary alicyclic amines) is 1. The van der Waals surface area contributed by atoms with Crippen molar-refractivity contribution >= 4 is 12.0 Å². The summed E-state index contributed by atoms with van der Waals surface area (Å²) >= 11 is 0. The number of carbonyl (C=O) groups excluding carboxylic acids is 1. The van der Waals surface area contributed by atoms with Gasteiger partial charge >= 0.3 is 12.0 Å². The minimum atomic E-state index is -0.865. The van der Waals surface area contributed by atoms with Crippen LogP contribution in [-0.2, 0) is 11.2 Å². The van der Waals surface area contributed by atoms with Crippen molar-refractivity contribution in [3.63, 3.8) is 0 Å². The van der Waals surface area contributed by atoms with E-state index in [1.807, 2.05) is 37.3 Å². The molecule has 1 aliphatic rings. The number of amides is 2. The average molecular weight is 372 g/mol. The van der Waals surface area contributed by atoms with Gasteiger partial charge in [0.05, 0.1) is 18.4 Å². The van der Waals surface area contributed by atoms with Crippen LogP contribution < -0.4 is 5.32 Å². The molecule has 3 atom stereocenters. The summed E-state index contributed by atoms with van der Waals surface area (Å²) in [7, 11) is 0. The van der Waals surface area contributed by atoms with Gasteiger partial charge in [-0.25, -0.2) is 4.79 Å². The fraction of sp³-hybridized carbons (Fsp3) is 0.474. The van der Waals surface area contributed by atoms with Crippen molar-refractivity contribution in [1.29, 1.82) is 0 Å². The van der Waals surface area contributed by atoms with Gasteiger partial charge < -0.3 is 19.8 Å². The number of hydrogen-bond donors (Lipinski definition) is 2. The molecule has 1 aromatic heterocycles.